The first-order valence-electron chi connectivity index (χ1n) is 1.17. The molecule has 0 saturated heterocycles. The van der Waals surface area contributed by atoms with Crippen molar-refractivity contribution in [2.24, 2.45) is 5.73 Å². The molecule has 1 unspecified atom stereocenters. The van der Waals surface area contributed by atoms with E-state index in [4.69, 9.17) is 5.11 Å². The molecule has 0 heterocycles. The molecule has 3 heteroatoms. The van der Waals surface area contributed by atoms with Gasteiger partial charge in [0.15, 0.2) is 0 Å². The van der Waals surface area contributed by atoms with E-state index < -0.39 is 6.23 Å². The molecule has 0 saturated carbocycles. The van der Waals surface area contributed by atoms with Crippen LogP contribution in [-0.4, -0.2) is 40.9 Å². The third-order valence-electron chi connectivity index (χ3n) is 0. The Balaban J connectivity index is 0. The molecule has 0 aromatic heterocycles. The Labute approximate surface area is 53.7 Å². The van der Waals surface area contributed by atoms with Crippen molar-refractivity contribution in [3.05, 3.63) is 0 Å². The van der Waals surface area contributed by atoms with Gasteiger partial charge in [-0.05, 0) is 6.92 Å². The average molecular weight is 85.1 g/mol. The van der Waals surface area contributed by atoms with Gasteiger partial charge in [0.05, 0.1) is 6.23 Å². The normalized spacial score (nSPS) is 12.6. The zero-order chi connectivity index (χ0) is 3.58. The Bertz CT molecular complexity index is 14.4. The maximum atomic E-state index is 7.83. The van der Waals surface area contributed by atoms with Gasteiger partial charge >= 0.3 is 29.6 Å². The molecular weight excluding hydrogens is 77.0 g/mol. The number of aliphatic hydroxyl groups excluding tert-OH is 1. The van der Waals surface area contributed by atoms with Crippen LogP contribution in [0, 0.1) is 0 Å². The molecule has 0 rings (SSSR count). The van der Waals surface area contributed by atoms with E-state index in [1.54, 1.807) is 0 Å². The molecule has 2 nitrogen and oxygen atoms in total. The molecule has 0 amide bonds. The van der Waals surface area contributed by atoms with Crippen molar-refractivity contribution < 1.29 is 5.11 Å². The minimum atomic E-state index is -0.667. The van der Waals surface area contributed by atoms with Gasteiger partial charge < -0.3 is 10.8 Å². The van der Waals surface area contributed by atoms with Gasteiger partial charge in [-0.1, -0.05) is 0 Å². The molecule has 28 valence electrons. The molecule has 5 heavy (non-hydrogen) atoms. The van der Waals surface area contributed by atoms with Crippen molar-refractivity contribution in [1.82, 2.24) is 0 Å². The SMILES string of the molecule is CC(N)O.[NaH]. The molecule has 0 aromatic rings. The van der Waals surface area contributed by atoms with E-state index in [9.17, 15) is 0 Å². The molecule has 0 spiro atoms. The zero-order valence-electron chi connectivity index (χ0n) is 2.60. The van der Waals surface area contributed by atoms with E-state index >= 15 is 0 Å². The van der Waals surface area contributed by atoms with Gasteiger partial charge in [-0.25, -0.2) is 0 Å². The molecule has 0 aliphatic rings. The average Bonchev–Trinajstić information content (AvgIpc) is 0.811. The van der Waals surface area contributed by atoms with Crippen molar-refractivity contribution in [3.63, 3.8) is 0 Å². The quantitative estimate of drug-likeness (QED) is 0.282. The predicted octanol–water partition coefficient (Wildman–Crippen LogP) is -1.37. The molecule has 3 N–H and O–H groups in total. The summed E-state index contributed by atoms with van der Waals surface area (Å²) in [7, 11) is 0. The fourth-order valence-electron chi connectivity index (χ4n) is 0. The molecule has 1 atom stereocenters. The fourth-order valence-corrected chi connectivity index (χ4v) is 0. The summed E-state index contributed by atoms with van der Waals surface area (Å²) < 4.78 is 0. The van der Waals surface area contributed by atoms with Gasteiger partial charge in [-0.2, -0.15) is 0 Å². The molecule has 0 aliphatic heterocycles. The Hall–Kier alpha value is 0.920. The van der Waals surface area contributed by atoms with Crippen LogP contribution < -0.4 is 5.73 Å². The van der Waals surface area contributed by atoms with Crippen LogP contribution in [0.4, 0.5) is 0 Å². The Morgan fingerprint density at radius 2 is 1.80 bits per heavy atom. The number of rotatable bonds is 0. The van der Waals surface area contributed by atoms with Crippen LogP contribution in [0.1, 0.15) is 6.92 Å². The predicted molar refractivity (Wildman–Crippen MR) is 23.0 cm³/mol. The van der Waals surface area contributed by atoms with Gasteiger partial charge in [-0.15, -0.1) is 0 Å². The second-order valence-corrected chi connectivity index (χ2v) is 0.741. The van der Waals surface area contributed by atoms with E-state index in [2.05, 4.69) is 5.73 Å². The van der Waals surface area contributed by atoms with Gasteiger partial charge in [0.1, 0.15) is 0 Å². The van der Waals surface area contributed by atoms with Crippen LogP contribution in [0.15, 0.2) is 0 Å². The summed E-state index contributed by atoms with van der Waals surface area (Å²) in [6.07, 6.45) is -0.667. The third-order valence-corrected chi connectivity index (χ3v) is 0. The standard InChI is InChI=1S/C2H7NO.Na.H/c1-2(3)4;;/h2,4H,3H2,1H3;;. The summed E-state index contributed by atoms with van der Waals surface area (Å²) >= 11 is 0. The van der Waals surface area contributed by atoms with Crippen molar-refractivity contribution >= 4 is 29.6 Å². The summed E-state index contributed by atoms with van der Waals surface area (Å²) in [5.74, 6) is 0. The van der Waals surface area contributed by atoms with E-state index in [-0.39, 0.29) is 29.6 Å². The minimum absolute atomic E-state index is 0. The topological polar surface area (TPSA) is 46.2 Å². The van der Waals surface area contributed by atoms with Crippen LogP contribution >= 0.6 is 0 Å². The zero-order valence-corrected chi connectivity index (χ0v) is 2.60. The van der Waals surface area contributed by atoms with Crippen LogP contribution in [-0.2, 0) is 0 Å². The first-order valence-corrected chi connectivity index (χ1v) is 1.17. The Kier molecular flexibility index (Phi) is 9.18. The summed E-state index contributed by atoms with van der Waals surface area (Å²) in [6, 6.07) is 0. The second-order valence-electron chi connectivity index (χ2n) is 0.741. The summed E-state index contributed by atoms with van der Waals surface area (Å²) in [5.41, 5.74) is 4.67. The summed E-state index contributed by atoms with van der Waals surface area (Å²) in [4.78, 5) is 0. The van der Waals surface area contributed by atoms with E-state index in [1.165, 1.54) is 6.92 Å². The maximum absolute atomic E-state index is 7.83. The third kappa shape index (κ3) is 49.6. The van der Waals surface area contributed by atoms with E-state index in [0.717, 1.165) is 0 Å². The summed E-state index contributed by atoms with van der Waals surface area (Å²) in [5, 5.41) is 7.83. The molecular formula is C2H8NNaO. The second kappa shape index (κ2) is 4.92. The van der Waals surface area contributed by atoms with E-state index in [1.807, 2.05) is 0 Å². The van der Waals surface area contributed by atoms with Gasteiger partial charge in [-0.3, -0.25) is 0 Å². The summed E-state index contributed by atoms with van der Waals surface area (Å²) in [6.45, 7) is 1.50. The molecule has 0 bridgehead atoms. The van der Waals surface area contributed by atoms with Crippen molar-refractivity contribution in [2.75, 3.05) is 0 Å². The Morgan fingerprint density at radius 3 is 1.80 bits per heavy atom. The number of aliphatic hydroxyl groups is 1. The molecule has 0 aromatic carbocycles. The molecule has 0 aliphatic carbocycles. The monoisotopic (exact) mass is 85.1 g/mol. The van der Waals surface area contributed by atoms with Gasteiger partial charge in [0, 0.05) is 0 Å². The molecule has 0 radical (unpaired) electrons. The van der Waals surface area contributed by atoms with Crippen molar-refractivity contribution in [1.29, 1.82) is 0 Å². The van der Waals surface area contributed by atoms with Crippen LogP contribution in [0.25, 0.3) is 0 Å². The number of hydrogen-bond donors (Lipinski definition) is 2. The fraction of sp³-hybridized carbons (Fsp3) is 1.00. The van der Waals surface area contributed by atoms with Crippen LogP contribution in [0.5, 0.6) is 0 Å². The van der Waals surface area contributed by atoms with Gasteiger partial charge in [0.25, 0.3) is 0 Å². The van der Waals surface area contributed by atoms with Crippen molar-refractivity contribution in [2.45, 2.75) is 13.2 Å². The van der Waals surface area contributed by atoms with Crippen LogP contribution in [0.3, 0.4) is 0 Å². The van der Waals surface area contributed by atoms with Crippen LogP contribution in [0.2, 0.25) is 0 Å². The first kappa shape index (κ1) is 9.33. The number of hydrogen-bond acceptors (Lipinski definition) is 2. The van der Waals surface area contributed by atoms with Gasteiger partial charge in [0.2, 0.25) is 0 Å². The van der Waals surface area contributed by atoms with E-state index in [0.29, 0.717) is 0 Å². The number of nitrogens with two attached hydrogens (primary N) is 1. The molecule has 0 fully saturated rings. The Morgan fingerprint density at radius 1 is 1.80 bits per heavy atom. The van der Waals surface area contributed by atoms with Crippen molar-refractivity contribution in [3.8, 4) is 0 Å². The first-order chi connectivity index (χ1) is 1.73.